The van der Waals surface area contributed by atoms with Gasteiger partial charge in [-0.15, -0.1) is 0 Å². The molecule has 0 aromatic heterocycles. The monoisotopic (exact) mass is 121 g/mol. The Balaban J connectivity index is 2.85. The van der Waals surface area contributed by atoms with E-state index in [9.17, 15) is 0 Å². The van der Waals surface area contributed by atoms with E-state index >= 15 is 0 Å². The number of hydrogen-bond donors (Lipinski definition) is 2. The highest BCUT2D eigenvalue weighted by molar-refractivity contribution is 6.58. The predicted octanol–water partition coefficient (Wildman–Crippen LogP) is -0.833. The molecule has 0 atom stereocenters. The molecule has 0 saturated heterocycles. The first-order chi connectivity index (χ1) is 4.30. The molecule has 2 nitrogen and oxygen atoms in total. The van der Waals surface area contributed by atoms with Crippen LogP contribution in [0.25, 0.3) is 0 Å². The van der Waals surface area contributed by atoms with Crippen LogP contribution in [0.4, 0.5) is 0 Å². The van der Waals surface area contributed by atoms with Gasteiger partial charge in [0.1, 0.15) is 0 Å². The summed E-state index contributed by atoms with van der Waals surface area (Å²) in [6, 6.07) is 9.28. The maximum absolute atomic E-state index is 8.56. The van der Waals surface area contributed by atoms with Crippen LogP contribution in [0.15, 0.2) is 24.3 Å². The second-order valence-electron chi connectivity index (χ2n) is 1.71. The molecule has 45 valence electrons. The lowest BCUT2D eigenvalue weighted by molar-refractivity contribution is 0.426. The highest BCUT2D eigenvalue weighted by Crippen LogP contribution is 1.81. The lowest BCUT2D eigenvalue weighted by atomic mass is 9.81. The second kappa shape index (κ2) is 2.66. The average molecular weight is 121 g/mol. The van der Waals surface area contributed by atoms with Crippen LogP contribution in [0, 0.1) is 6.07 Å². The summed E-state index contributed by atoms with van der Waals surface area (Å²) in [5, 5.41) is 17.1. The van der Waals surface area contributed by atoms with Gasteiger partial charge >= 0.3 is 7.12 Å². The normalized spacial score (nSPS) is 9.11. The van der Waals surface area contributed by atoms with Crippen molar-refractivity contribution >= 4 is 12.6 Å². The SMILES string of the molecule is OB(O)c1c[c]ccc1. The molecule has 0 aliphatic heterocycles. The molecule has 3 heteroatoms. The molecule has 0 bridgehead atoms. The zero-order chi connectivity index (χ0) is 6.69. The van der Waals surface area contributed by atoms with Crippen LogP contribution in [-0.4, -0.2) is 17.2 Å². The molecule has 0 unspecified atom stereocenters. The molecule has 0 fully saturated rings. The van der Waals surface area contributed by atoms with Crippen molar-refractivity contribution in [1.82, 2.24) is 0 Å². The minimum absolute atomic E-state index is 0.470. The Morgan fingerprint density at radius 2 is 2.22 bits per heavy atom. The minimum Gasteiger partial charge on any atom is -0.423 e. The van der Waals surface area contributed by atoms with Gasteiger partial charge in [0, 0.05) is 0 Å². The largest absolute Gasteiger partial charge is 0.488 e. The van der Waals surface area contributed by atoms with Crippen molar-refractivity contribution in [2.45, 2.75) is 0 Å². The van der Waals surface area contributed by atoms with Crippen molar-refractivity contribution in [1.29, 1.82) is 0 Å². The van der Waals surface area contributed by atoms with Gasteiger partial charge in [-0.25, -0.2) is 0 Å². The van der Waals surface area contributed by atoms with E-state index < -0.39 is 7.12 Å². The molecule has 0 aliphatic rings. The van der Waals surface area contributed by atoms with E-state index in [2.05, 4.69) is 6.07 Å². The summed E-state index contributed by atoms with van der Waals surface area (Å²) in [6.45, 7) is 0. The van der Waals surface area contributed by atoms with E-state index in [1.807, 2.05) is 0 Å². The molecule has 1 aromatic rings. The summed E-state index contributed by atoms with van der Waals surface area (Å²) in [5.74, 6) is 0. The number of hydrogen-bond acceptors (Lipinski definition) is 2. The first-order valence-corrected chi connectivity index (χ1v) is 2.63. The van der Waals surface area contributed by atoms with Crippen molar-refractivity contribution in [3.8, 4) is 0 Å². The molecular weight excluding hydrogens is 115 g/mol. The van der Waals surface area contributed by atoms with Gasteiger partial charge in [-0.3, -0.25) is 0 Å². The molecule has 0 spiro atoms. The Kier molecular flexibility index (Phi) is 1.87. The molecule has 0 amide bonds. The molecule has 0 aliphatic carbocycles. The summed E-state index contributed by atoms with van der Waals surface area (Å²) in [7, 11) is -1.37. The van der Waals surface area contributed by atoms with E-state index in [1.165, 1.54) is 6.07 Å². The Bertz CT molecular complexity index is 174. The van der Waals surface area contributed by atoms with E-state index in [4.69, 9.17) is 10.0 Å². The first kappa shape index (κ1) is 6.33. The van der Waals surface area contributed by atoms with Gasteiger partial charge in [-0.05, 0) is 11.5 Å². The summed E-state index contributed by atoms with van der Waals surface area (Å²) >= 11 is 0. The van der Waals surface area contributed by atoms with Crippen molar-refractivity contribution in [2.75, 3.05) is 0 Å². The molecule has 1 radical (unpaired) electrons. The summed E-state index contributed by atoms with van der Waals surface area (Å²) in [4.78, 5) is 0. The van der Waals surface area contributed by atoms with Crippen LogP contribution >= 0.6 is 0 Å². The third kappa shape index (κ3) is 1.55. The number of rotatable bonds is 1. The smallest absolute Gasteiger partial charge is 0.423 e. The Morgan fingerprint density at radius 3 is 2.56 bits per heavy atom. The molecule has 2 N–H and O–H groups in total. The third-order valence-electron chi connectivity index (χ3n) is 1.03. The van der Waals surface area contributed by atoms with Crippen molar-refractivity contribution < 1.29 is 10.0 Å². The van der Waals surface area contributed by atoms with Crippen LogP contribution in [0.3, 0.4) is 0 Å². The first-order valence-electron chi connectivity index (χ1n) is 2.63. The lowest BCUT2D eigenvalue weighted by Gasteiger charge is -1.94. The molecule has 0 saturated carbocycles. The standard InChI is InChI=1S/C6H6BO2/c8-7(9)6-4-2-1-3-5-6/h1-2,4-5,8-9H. The summed E-state index contributed by atoms with van der Waals surface area (Å²) in [5.41, 5.74) is 0.470. The predicted molar refractivity (Wildman–Crippen MR) is 35.1 cm³/mol. The van der Waals surface area contributed by atoms with Gasteiger partial charge in [0.25, 0.3) is 0 Å². The average Bonchev–Trinajstić information content (AvgIpc) is 1.90. The van der Waals surface area contributed by atoms with E-state index in [1.54, 1.807) is 18.2 Å². The van der Waals surface area contributed by atoms with Gasteiger partial charge in [-0.1, -0.05) is 24.3 Å². The van der Waals surface area contributed by atoms with Gasteiger partial charge in [0.2, 0.25) is 0 Å². The maximum Gasteiger partial charge on any atom is 0.488 e. The number of benzene rings is 1. The topological polar surface area (TPSA) is 40.5 Å². The van der Waals surface area contributed by atoms with Crippen LogP contribution in [0.2, 0.25) is 0 Å². The van der Waals surface area contributed by atoms with Crippen molar-refractivity contribution in [2.24, 2.45) is 0 Å². The fourth-order valence-electron chi connectivity index (χ4n) is 0.568. The third-order valence-corrected chi connectivity index (χ3v) is 1.03. The molecule has 1 rings (SSSR count). The van der Waals surface area contributed by atoms with Crippen molar-refractivity contribution in [3.05, 3.63) is 30.3 Å². The zero-order valence-corrected chi connectivity index (χ0v) is 4.78. The maximum atomic E-state index is 8.56. The molecule has 0 heterocycles. The highest BCUT2D eigenvalue weighted by atomic mass is 16.4. The molecular formula is C6H6BO2. The summed E-state index contributed by atoms with van der Waals surface area (Å²) in [6.07, 6.45) is 0. The minimum atomic E-state index is -1.37. The molecule has 1 aromatic carbocycles. The lowest BCUT2D eigenvalue weighted by Crippen LogP contribution is -2.29. The van der Waals surface area contributed by atoms with Crippen LogP contribution in [0.5, 0.6) is 0 Å². The highest BCUT2D eigenvalue weighted by Gasteiger charge is 2.07. The zero-order valence-electron chi connectivity index (χ0n) is 4.78. The van der Waals surface area contributed by atoms with Crippen LogP contribution < -0.4 is 5.46 Å². The van der Waals surface area contributed by atoms with Gasteiger partial charge in [0.05, 0.1) is 0 Å². The van der Waals surface area contributed by atoms with E-state index in [0.29, 0.717) is 5.46 Å². The summed E-state index contributed by atoms with van der Waals surface area (Å²) < 4.78 is 0. The van der Waals surface area contributed by atoms with E-state index in [0.717, 1.165) is 0 Å². The van der Waals surface area contributed by atoms with Crippen LogP contribution in [-0.2, 0) is 0 Å². The Morgan fingerprint density at radius 1 is 1.44 bits per heavy atom. The fourth-order valence-corrected chi connectivity index (χ4v) is 0.568. The fraction of sp³-hybridized carbons (Fsp3) is 0. The quantitative estimate of drug-likeness (QED) is 0.476. The Hall–Kier alpha value is -0.795. The van der Waals surface area contributed by atoms with E-state index in [-0.39, 0.29) is 0 Å². The molecule has 9 heavy (non-hydrogen) atoms. The van der Waals surface area contributed by atoms with Gasteiger partial charge < -0.3 is 10.0 Å². The van der Waals surface area contributed by atoms with Gasteiger partial charge in [-0.2, -0.15) is 0 Å². The second-order valence-corrected chi connectivity index (χ2v) is 1.71. The Labute approximate surface area is 53.9 Å². The van der Waals surface area contributed by atoms with Crippen LogP contribution in [0.1, 0.15) is 0 Å². The van der Waals surface area contributed by atoms with Gasteiger partial charge in [0.15, 0.2) is 0 Å². The van der Waals surface area contributed by atoms with Crippen molar-refractivity contribution in [3.63, 3.8) is 0 Å².